The first-order valence-corrected chi connectivity index (χ1v) is 9.90. The van der Waals surface area contributed by atoms with Gasteiger partial charge in [0, 0.05) is 28.1 Å². The summed E-state index contributed by atoms with van der Waals surface area (Å²) in [6.45, 7) is 3.77. The highest BCUT2D eigenvalue weighted by atomic mass is 35.5. The van der Waals surface area contributed by atoms with Crippen LogP contribution in [0.1, 0.15) is 48.8 Å². The quantitative estimate of drug-likeness (QED) is 0.662. The van der Waals surface area contributed by atoms with Gasteiger partial charge in [-0.15, -0.1) is 21.5 Å². The highest BCUT2D eigenvalue weighted by Crippen LogP contribution is 2.34. The van der Waals surface area contributed by atoms with Crippen molar-refractivity contribution in [3.63, 3.8) is 0 Å². The standard InChI is InChI=1S/C16H20ClN3S2/c1-12(17)11-22-16-19-18-15(10-14-8-5-9-21-14)20(16)13-6-3-2-4-7-13/h5,8-9,13H,1-4,6-7,10-11H2. The molecule has 6 heteroatoms. The molecule has 118 valence electrons. The maximum atomic E-state index is 5.92. The van der Waals surface area contributed by atoms with Crippen molar-refractivity contribution in [2.24, 2.45) is 0 Å². The van der Waals surface area contributed by atoms with E-state index >= 15 is 0 Å². The minimum absolute atomic E-state index is 0.532. The monoisotopic (exact) mass is 353 g/mol. The number of nitrogens with zero attached hydrogens (tertiary/aromatic N) is 3. The molecule has 0 aliphatic heterocycles. The number of thiophene rings is 1. The maximum Gasteiger partial charge on any atom is 0.191 e. The zero-order valence-corrected chi connectivity index (χ0v) is 14.9. The lowest BCUT2D eigenvalue weighted by molar-refractivity contribution is 0.330. The summed E-state index contributed by atoms with van der Waals surface area (Å²) in [5.74, 6) is 1.77. The van der Waals surface area contributed by atoms with Crippen molar-refractivity contribution in [1.82, 2.24) is 14.8 Å². The van der Waals surface area contributed by atoms with Crippen LogP contribution in [0, 0.1) is 0 Å². The van der Waals surface area contributed by atoms with Gasteiger partial charge in [-0.3, -0.25) is 0 Å². The summed E-state index contributed by atoms with van der Waals surface area (Å²) in [6.07, 6.45) is 7.26. The Balaban J connectivity index is 1.85. The number of halogens is 1. The van der Waals surface area contributed by atoms with Crippen molar-refractivity contribution in [2.45, 2.75) is 49.7 Å². The summed E-state index contributed by atoms with van der Waals surface area (Å²) in [7, 11) is 0. The molecular weight excluding hydrogens is 334 g/mol. The van der Waals surface area contributed by atoms with Crippen molar-refractivity contribution < 1.29 is 0 Å². The second-order valence-electron chi connectivity index (χ2n) is 5.62. The maximum absolute atomic E-state index is 5.92. The number of rotatable bonds is 6. The Kier molecular flexibility index (Phi) is 5.61. The van der Waals surface area contributed by atoms with E-state index in [2.05, 4.69) is 38.9 Å². The first kappa shape index (κ1) is 16.1. The van der Waals surface area contributed by atoms with Crippen molar-refractivity contribution >= 4 is 34.7 Å². The average molecular weight is 354 g/mol. The van der Waals surface area contributed by atoms with E-state index < -0.39 is 0 Å². The fourth-order valence-electron chi connectivity index (χ4n) is 2.94. The molecule has 0 aromatic carbocycles. The number of hydrogen-bond acceptors (Lipinski definition) is 4. The van der Waals surface area contributed by atoms with Crippen LogP contribution in [0.5, 0.6) is 0 Å². The molecule has 2 aromatic heterocycles. The Bertz CT molecular complexity index is 615. The molecule has 1 saturated carbocycles. The molecule has 3 rings (SSSR count). The molecule has 0 bridgehead atoms. The van der Waals surface area contributed by atoms with Gasteiger partial charge in [0.15, 0.2) is 5.16 Å². The third kappa shape index (κ3) is 3.94. The summed E-state index contributed by atoms with van der Waals surface area (Å²) < 4.78 is 2.36. The van der Waals surface area contributed by atoms with E-state index in [1.165, 1.54) is 37.0 Å². The molecule has 0 saturated heterocycles. The lowest BCUT2D eigenvalue weighted by atomic mass is 9.95. The molecule has 2 aromatic rings. The molecule has 0 unspecified atom stereocenters. The molecule has 0 spiro atoms. The normalized spacial score (nSPS) is 16.0. The average Bonchev–Trinajstić information content (AvgIpc) is 3.16. The van der Waals surface area contributed by atoms with Gasteiger partial charge in [-0.1, -0.05) is 55.3 Å². The molecule has 0 N–H and O–H groups in total. The van der Waals surface area contributed by atoms with E-state index in [1.54, 1.807) is 23.1 Å². The minimum atomic E-state index is 0.532. The highest BCUT2D eigenvalue weighted by Gasteiger charge is 2.23. The van der Waals surface area contributed by atoms with Gasteiger partial charge >= 0.3 is 0 Å². The molecule has 1 aliphatic carbocycles. The van der Waals surface area contributed by atoms with Crippen LogP contribution in [0.2, 0.25) is 0 Å². The fraction of sp³-hybridized carbons (Fsp3) is 0.500. The Labute approximate surface area is 144 Å². The highest BCUT2D eigenvalue weighted by molar-refractivity contribution is 7.99. The van der Waals surface area contributed by atoms with Crippen molar-refractivity contribution in [3.05, 3.63) is 39.8 Å². The Hall–Kier alpha value is -0.780. The van der Waals surface area contributed by atoms with Gasteiger partial charge in [0.2, 0.25) is 0 Å². The van der Waals surface area contributed by atoms with Crippen LogP contribution >= 0.6 is 34.7 Å². The minimum Gasteiger partial charge on any atom is -0.303 e. The van der Waals surface area contributed by atoms with E-state index in [4.69, 9.17) is 11.6 Å². The largest absolute Gasteiger partial charge is 0.303 e. The van der Waals surface area contributed by atoms with Gasteiger partial charge < -0.3 is 4.57 Å². The van der Waals surface area contributed by atoms with E-state index in [-0.39, 0.29) is 0 Å². The molecule has 1 aliphatic rings. The molecule has 0 radical (unpaired) electrons. The predicted molar refractivity (Wildman–Crippen MR) is 95.0 cm³/mol. The third-order valence-electron chi connectivity index (χ3n) is 3.95. The number of hydrogen-bond donors (Lipinski definition) is 0. The molecule has 0 atom stereocenters. The summed E-state index contributed by atoms with van der Waals surface area (Å²) in [5.41, 5.74) is 0. The summed E-state index contributed by atoms with van der Waals surface area (Å²) >= 11 is 9.34. The molecule has 2 heterocycles. The van der Waals surface area contributed by atoms with Gasteiger partial charge in [0.1, 0.15) is 5.82 Å². The van der Waals surface area contributed by atoms with Crippen LogP contribution in [-0.4, -0.2) is 20.5 Å². The van der Waals surface area contributed by atoms with E-state index in [0.717, 1.165) is 17.4 Å². The third-order valence-corrected chi connectivity index (χ3v) is 6.14. The first-order valence-electron chi connectivity index (χ1n) is 7.66. The van der Waals surface area contributed by atoms with Gasteiger partial charge in [0.25, 0.3) is 0 Å². The summed E-state index contributed by atoms with van der Waals surface area (Å²) in [6, 6.07) is 4.79. The molecular formula is C16H20ClN3S2. The summed E-state index contributed by atoms with van der Waals surface area (Å²) in [4.78, 5) is 1.34. The second-order valence-corrected chi connectivity index (χ2v) is 8.13. The predicted octanol–water partition coefficient (Wildman–Crippen LogP) is 5.28. The summed E-state index contributed by atoms with van der Waals surface area (Å²) in [5, 5.41) is 12.7. The smallest absolute Gasteiger partial charge is 0.191 e. The Morgan fingerprint density at radius 2 is 2.18 bits per heavy atom. The lowest BCUT2D eigenvalue weighted by Gasteiger charge is -2.25. The Morgan fingerprint density at radius 3 is 2.86 bits per heavy atom. The van der Waals surface area contributed by atoms with Crippen molar-refractivity contribution in [3.8, 4) is 0 Å². The fourth-order valence-corrected chi connectivity index (χ4v) is 4.59. The van der Waals surface area contributed by atoms with Crippen LogP contribution in [0.4, 0.5) is 0 Å². The van der Waals surface area contributed by atoms with E-state index in [0.29, 0.717) is 16.8 Å². The van der Waals surface area contributed by atoms with Gasteiger partial charge in [-0.05, 0) is 24.3 Å². The van der Waals surface area contributed by atoms with Crippen LogP contribution in [0.25, 0.3) is 0 Å². The van der Waals surface area contributed by atoms with Gasteiger partial charge in [-0.2, -0.15) is 0 Å². The van der Waals surface area contributed by atoms with Crippen LogP contribution < -0.4 is 0 Å². The Morgan fingerprint density at radius 1 is 1.36 bits per heavy atom. The molecule has 3 nitrogen and oxygen atoms in total. The molecule has 0 amide bonds. The number of thioether (sulfide) groups is 1. The van der Waals surface area contributed by atoms with Crippen molar-refractivity contribution in [1.29, 1.82) is 0 Å². The zero-order chi connectivity index (χ0) is 15.4. The second kappa shape index (κ2) is 7.66. The number of aromatic nitrogens is 3. The van der Waals surface area contributed by atoms with E-state index in [1.807, 2.05) is 0 Å². The topological polar surface area (TPSA) is 30.7 Å². The molecule has 22 heavy (non-hydrogen) atoms. The van der Waals surface area contributed by atoms with Gasteiger partial charge in [0.05, 0.1) is 0 Å². The van der Waals surface area contributed by atoms with E-state index in [9.17, 15) is 0 Å². The van der Waals surface area contributed by atoms with Crippen LogP contribution in [-0.2, 0) is 6.42 Å². The van der Waals surface area contributed by atoms with Gasteiger partial charge in [-0.25, -0.2) is 0 Å². The van der Waals surface area contributed by atoms with Crippen molar-refractivity contribution in [2.75, 3.05) is 5.75 Å². The van der Waals surface area contributed by atoms with Crippen LogP contribution in [0.15, 0.2) is 34.3 Å². The SMILES string of the molecule is C=C(Cl)CSc1nnc(Cc2cccs2)n1C1CCCCC1. The molecule has 1 fully saturated rings. The van der Waals surface area contributed by atoms with Crippen LogP contribution in [0.3, 0.4) is 0 Å². The zero-order valence-electron chi connectivity index (χ0n) is 12.5. The first-order chi connectivity index (χ1) is 10.7. The lowest BCUT2D eigenvalue weighted by Crippen LogP contribution is -2.16.